The summed E-state index contributed by atoms with van der Waals surface area (Å²) in [4.78, 5) is 4.66. The van der Waals surface area contributed by atoms with E-state index in [1.54, 1.807) is 25.6 Å². The quantitative estimate of drug-likeness (QED) is 0.799. The second-order valence-corrected chi connectivity index (χ2v) is 6.94. The molecule has 25 heavy (non-hydrogen) atoms. The minimum atomic E-state index is -0.859. The number of rotatable bonds is 7. The summed E-state index contributed by atoms with van der Waals surface area (Å²) in [6.45, 7) is 5.16. The molecule has 7 heteroatoms. The fraction of sp³-hybridized carbons (Fsp3) is 0.556. The fourth-order valence-electron chi connectivity index (χ4n) is 2.99. The molecule has 0 radical (unpaired) electrons. The highest BCUT2D eigenvalue weighted by Crippen LogP contribution is 2.27. The number of nitrogens with zero attached hydrogens (tertiary/aromatic N) is 3. The van der Waals surface area contributed by atoms with Crippen molar-refractivity contribution >= 4 is 0 Å². The molecule has 0 amide bonds. The van der Waals surface area contributed by atoms with Gasteiger partial charge in [0.1, 0.15) is 12.4 Å². The van der Waals surface area contributed by atoms with E-state index in [0.29, 0.717) is 23.9 Å². The maximum Gasteiger partial charge on any atom is 0.188 e. The third-order valence-corrected chi connectivity index (χ3v) is 4.08. The molecule has 1 aliphatic heterocycles. The summed E-state index contributed by atoms with van der Waals surface area (Å²) in [7, 11) is 1.61. The SMILES string of the molecule is COc1ccccc1OCc1nc([C@H]2CCCN2)n(CC(C)(C)O)n1. The van der Waals surface area contributed by atoms with Gasteiger partial charge in [-0.15, -0.1) is 0 Å². The molecule has 7 nitrogen and oxygen atoms in total. The van der Waals surface area contributed by atoms with Crippen LogP contribution in [0.15, 0.2) is 24.3 Å². The Morgan fingerprint density at radius 2 is 2.08 bits per heavy atom. The molecule has 0 aliphatic carbocycles. The van der Waals surface area contributed by atoms with E-state index in [1.165, 1.54) is 0 Å². The summed E-state index contributed by atoms with van der Waals surface area (Å²) < 4.78 is 12.9. The summed E-state index contributed by atoms with van der Waals surface area (Å²) in [6, 6.07) is 7.67. The van der Waals surface area contributed by atoms with Crippen molar-refractivity contribution in [2.24, 2.45) is 0 Å². The average molecular weight is 346 g/mol. The molecule has 3 rings (SSSR count). The Labute approximate surface area is 148 Å². The molecular weight excluding hydrogens is 320 g/mol. The number of para-hydroxylation sites is 2. The maximum absolute atomic E-state index is 10.2. The predicted molar refractivity (Wildman–Crippen MR) is 93.6 cm³/mol. The lowest BCUT2D eigenvalue weighted by Gasteiger charge is -2.19. The van der Waals surface area contributed by atoms with Crippen molar-refractivity contribution in [1.82, 2.24) is 20.1 Å². The van der Waals surface area contributed by atoms with Crippen LogP contribution in [0, 0.1) is 0 Å². The highest BCUT2D eigenvalue weighted by Gasteiger charge is 2.26. The van der Waals surface area contributed by atoms with Gasteiger partial charge in [-0.25, -0.2) is 9.67 Å². The van der Waals surface area contributed by atoms with E-state index in [-0.39, 0.29) is 12.6 Å². The first-order valence-corrected chi connectivity index (χ1v) is 8.61. The van der Waals surface area contributed by atoms with E-state index in [9.17, 15) is 5.11 Å². The molecular formula is C18H26N4O3. The predicted octanol–water partition coefficient (Wildman–Crippen LogP) is 2.06. The first kappa shape index (κ1) is 17.7. The summed E-state index contributed by atoms with van der Waals surface area (Å²) in [5.41, 5.74) is -0.859. The lowest BCUT2D eigenvalue weighted by molar-refractivity contribution is 0.0559. The standard InChI is InChI=1S/C18H26N4O3/c1-18(2,23)12-22-17(13-7-6-10-19-13)20-16(21-22)11-25-15-9-5-4-8-14(15)24-3/h4-5,8-9,13,19,23H,6-7,10-12H2,1-3H3/t13-/m1/s1. The number of nitrogens with one attached hydrogen (secondary N) is 1. The topological polar surface area (TPSA) is 81.4 Å². The van der Waals surface area contributed by atoms with Crippen LogP contribution in [0.2, 0.25) is 0 Å². The Morgan fingerprint density at radius 1 is 1.32 bits per heavy atom. The van der Waals surface area contributed by atoms with E-state index in [2.05, 4.69) is 15.4 Å². The first-order valence-electron chi connectivity index (χ1n) is 8.61. The molecule has 0 bridgehead atoms. The highest BCUT2D eigenvalue weighted by atomic mass is 16.5. The average Bonchev–Trinajstić information content (AvgIpc) is 3.21. The molecule has 2 heterocycles. The van der Waals surface area contributed by atoms with E-state index >= 15 is 0 Å². The van der Waals surface area contributed by atoms with Crippen molar-refractivity contribution in [2.75, 3.05) is 13.7 Å². The van der Waals surface area contributed by atoms with Gasteiger partial charge in [-0.2, -0.15) is 5.10 Å². The van der Waals surface area contributed by atoms with Gasteiger partial charge in [0.05, 0.1) is 25.3 Å². The third kappa shape index (κ3) is 4.49. The number of hydrogen-bond donors (Lipinski definition) is 2. The molecule has 0 unspecified atom stereocenters. The van der Waals surface area contributed by atoms with Gasteiger partial charge in [0.2, 0.25) is 0 Å². The van der Waals surface area contributed by atoms with Crippen LogP contribution in [0.25, 0.3) is 0 Å². The van der Waals surface area contributed by atoms with Crippen molar-refractivity contribution in [3.05, 3.63) is 35.9 Å². The number of methoxy groups -OCH3 is 1. The molecule has 1 fully saturated rings. The van der Waals surface area contributed by atoms with Gasteiger partial charge in [-0.05, 0) is 45.4 Å². The number of benzene rings is 1. The van der Waals surface area contributed by atoms with Gasteiger partial charge >= 0.3 is 0 Å². The normalized spacial score (nSPS) is 17.7. The maximum atomic E-state index is 10.2. The van der Waals surface area contributed by atoms with Gasteiger partial charge in [-0.3, -0.25) is 0 Å². The summed E-state index contributed by atoms with van der Waals surface area (Å²) >= 11 is 0. The lowest BCUT2D eigenvalue weighted by atomic mass is 10.1. The van der Waals surface area contributed by atoms with Crippen LogP contribution in [0.3, 0.4) is 0 Å². The molecule has 0 spiro atoms. The van der Waals surface area contributed by atoms with Crippen LogP contribution in [0.4, 0.5) is 0 Å². The minimum Gasteiger partial charge on any atom is -0.493 e. The van der Waals surface area contributed by atoms with Crippen molar-refractivity contribution in [3.8, 4) is 11.5 Å². The van der Waals surface area contributed by atoms with Crippen molar-refractivity contribution in [2.45, 2.75) is 51.5 Å². The van der Waals surface area contributed by atoms with Gasteiger partial charge < -0.3 is 19.9 Å². The monoisotopic (exact) mass is 346 g/mol. The van der Waals surface area contributed by atoms with E-state index in [1.807, 2.05) is 24.3 Å². The van der Waals surface area contributed by atoms with Crippen LogP contribution >= 0.6 is 0 Å². The molecule has 1 aromatic carbocycles. The van der Waals surface area contributed by atoms with Crippen LogP contribution < -0.4 is 14.8 Å². The molecule has 2 N–H and O–H groups in total. The second kappa shape index (κ2) is 7.41. The zero-order chi connectivity index (χ0) is 17.9. The lowest BCUT2D eigenvalue weighted by Crippen LogP contribution is -2.29. The zero-order valence-corrected chi connectivity index (χ0v) is 15.0. The number of ether oxygens (including phenoxy) is 2. The Bertz CT molecular complexity index is 703. The Kier molecular flexibility index (Phi) is 5.24. The van der Waals surface area contributed by atoms with Crippen LogP contribution in [0.1, 0.15) is 44.4 Å². The van der Waals surface area contributed by atoms with Gasteiger partial charge in [0.15, 0.2) is 17.3 Å². The van der Waals surface area contributed by atoms with Crippen LogP contribution in [0.5, 0.6) is 11.5 Å². The van der Waals surface area contributed by atoms with Crippen molar-refractivity contribution in [3.63, 3.8) is 0 Å². The summed E-state index contributed by atoms with van der Waals surface area (Å²) in [5, 5.41) is 18.2. The van der Waals surface area contributed by atoms with Crippen LogP contribution in [-0.2, 0) is 13.2 Å². The number of aliphatic hydroxyl groups is 1. The minimum absolute atomic E-state index is 0.176. The molecule has 1 atom stereocenters. The first-order chi connectivity index (χ1) is 12.0. The Hall–Kier alpha value is -2.12. The van der Waals surface area contributed by atoms with E-state index in [0.717, 1.165) is 25.2 Å². The Balaban J connectivity index is 1.78. The Morgan fingerprint density at radius 3 is 2.72 bits per heavy atom. The molecule has 1 aromatic heterocycles. The molecule has 1 saturated heterocycles. The molecule has 1 aliphatic rings. The second-order valence-electron chi connectivity index (χ2n) is 6.94. The third-order valence-electron chi connectivity index (χ3n) is 4.08. The van der Waals surface area contributed by atoms with Gasteiger partial charge in [0.25, 0.3) is 0 Å². The number of hydrogen-bond acceptors (Lipinski definition) is 6. The number of aromatic nitrogens is 3. The van der Waals surface area contributed by atoms with Gasteiger partial charge in [-0.1, -0.05) is 12.1 Å². The molecule has 136 valence electrons. The smallest absolute Gasteiger partial charge is 0.188 e. The van der Waals surface area contributed by atoms with Gasteiger partial charge in [0, 0.05) is 0 Å². The van der Waals surface area contributed by atoms with E-state index in [4.69, 9.17) is 9.47 Å². The van der Waals surface area contributed by atoms with Crippen molar-refractivity contribution in [1.29, 1.82) is 0 Å². The summed E-state index contributed by atoms with van der Waals surface area (Å²) in [6.07, 6.45) is 2.14. The van der Waals surface area contributed by atoms with E-state index < -0.39 is 5.60 Å². The van der Waals surface area contributed by atoms with Crippen molar-refractivity contribution < 1.29 is 14.6 Å². The largest absolute Gasteiger partial charge is 0.493 e. The zero-order valence-electron chi connectivity index (χ0n) is 15.0. The van der Waals surface area contributed by atoms with Crippen LogP contribution in [-0.4, -0.2) is 39.1 Å². The highest BCUT2D eigenvalue weighted by molar-refractivity contribution is 5.39. The molecule has 0 saturated carbocycles. The fourth-order valence-corrected chi connectivity index (χ4v) is 2.99. The summed E-state index contributed by atoms with van der Waals surface area (Å²) in [5.74, 6) is 2.79. The molecule has 2 aromatic rings.